The molecule has 7 nitrogen and oxygen atoms in total. The van der Waals surface area contributed by atoms with Gasteiger partial charge in [0.05, 0.1) is 54.1 Å². The van der Waals surface area contributed by atoms with Crippen LogP contribution in [0.4, 0.5) is 10.1 Å². The molecular weight excluding hydrogens is 457 g/mol. The van der Waals surface area contributed by atoms with E-state index in [1.165, 1.54) is 24.7 Å². The molecule has 190 valence electrons. The maximum atomic E-state index is 14.8. The van der Waals surface area contributed by atoms with Gasteiger partial charge in [-0.3, -0.25) is 9.97 Å². The lowest BCUT2D eigenvalue weighted by Gasteiger charge is -2.53. The van der Waals surface area contributed by atoms with Gasteiger partial charge in [-0.25, -0.2) is 9.37 Å². The van der Waals surface area contributed by atoms with Gasteiger partial charge in [-0.05, 0) is 69.6 Å². The molecule has 3 saturated heterocycles. The fourth-order valence-electron chi connectivity index (χ4n) is 6.06. The third-order valence-electron chi connectivity index (χ3n) is 8.48. The van der Waals surface area contributed by atoms with Gasteiger partial charge in [0.2, 0.25) is 5.88 Å². The van der Waals surface area contributed by atoms with E-state index >= 15 is 0 Å². The molecule has 0 amide bonds. The minimum absolute atomic E-state index is 0.000585. The first-order chi connectivity index (χ1) is 17.6. The number of rotatable bonds is 8. The number of hydrogen-bond acceptors (Lipinski definition) is 7. The molecule has 36 heavy (non-hydrogen) atoms. The molecule has 4 fully saturated rings. The number of aromatic nitrogens is 3. The zero-order valence-corrected chi connectivity index (χ0v) is 20.9. The van der Waals surface area contributed by atoms with Crippen LogP contribution < -0.4 is 15.0 Å². The van der Waals surface area contributed by atoms with Gasteiger partial charge in [-0.2, -0.15) is 0 Å². The van der Waals surface area contributed by atoms with Gasteiger partial charge in [-0.1, -0.05) is 0 Å². The van der Waals surface area contributed by atoms with Crippen LogP contribution >= 0.6 is 0 Å². The first kappa shape index (κ1) is 23.6. The largest absolute Gasteiger partial charge is 0.481 e. The molecule has 8 heteroatoms. The predicted molar refractivity (Wildman–Crippen MR) is 137 cm³/mol. The van der Waals surface area contributed by atoms with E-state index in [4.69, 9.17) is 14.5 Å². The molecule has 4 aliphatic rings. The average Bonchev–Trinajstić information content (AvgIpc) is 3.48. The summed E-state index contributed by atoms with van der Waals surface area (Å²) in [6.45, 7) is 3.70. The van der Waals surface area contributed by atoms with Crippen molar-refractivity contribution in [3.05, 3.63) is 53.7 Å². The van der Waals surface area contributed by atoms with Crippen LogP contribution in [0.3, 0.4) is 0 Å². The van der Waals surface area contributed by atoms with Crippen LogP contribution in [-0.2, 0) is 17.7 Å². The number of anilines is 1. The Labute approximate surface area is 211 Å². The van der Waals surface area contributed by atoms with Crippen molar-refractivity contribution in [2.45, 2.75) is 69.1 Å². The van der Waals surface area contributed by atoms with Crippen LogP contribution in [0.1, 0.15) is 56.2 Å². The van der Waals surface area contributed by atoms with Crippen molar-refractivity contribution < 1.29 is 13.9 Å². The lowest BCUT2D eigenvalue weighted by atomic mass is 9.69. The molecule has 2 bridgehead atoms. The van der Waals surface area contributed by atoms with Gasteiger partial charge in [-0.15, -0.1) is 0 Å². The minimum Gasteiger partial charge on any atom is -0.481 e. The van der Waals surface area contributed by atoms with Crippen LogP contribution in [0.2, 0.25) is 0 Å². The molecule has 1 saturated carbocycles. The number of methoxy groups -OCH3 is 1. The van der Waals surface area contributed by atoms with Gasteiger partial charge in [0.1, 0.15) is 5.82 Å². The van der Waals surface area contributed by atoms with Crippen molar-refractivity contribution in [3.8, 4) is 5.88 Å². The van der Waals surface area contributed by atoms with Crippen molar-refractivity contribution in [3.63, 3.8) is 0 Å². The molecule has 0 radical (unpaired) electrons. The second-order valence-corrected chi connectivity index (χ2v) is 10.6. The smallest absolute Gasteiger partial charge is 0.213 e. The normalized spacial score (nSPS) is 25.6. The molecule has 0 unspecified atom stereocenters. The van der Waals surface area contributed by atoms with E-state index in [2.05, 4.69) is 32.3 Å². The molecule has 3 aliphatic heterocycles. The van der Waals surface area contributed by atoms with E-state index in [1.54, 1.807) is 13.2 Å². The lowest BCUT2D eigenvalue weighted by molar-refractivity contribution is -0.165. The molecule has 3 aromatic rings. The van der Waals surface area contributed by atoms with Crippen LogP contribution in [0.25, 0.3) is 11.0 Å². The Balaban J connectivity index is 1.07. The van der Waals surface area contributed by atoms with E-state index in [1.807, 2.05) is 12.3 Å². The van der Waals surface area contributed by atoms with Crippen LogP contribution in [0, 0.1) is 5.82 Å². The summed E-state index contributed by atoms with van der Waals surface area (Å²) in [6.07, 6.45) is 11.3. The summed E-state index contributed by atoms with van der Waals surface area (Å²) in [5.41, 5.74) is 3.96. The summed E-state index contributed by atoms with van der Waals surface area (Å²) in [6, 6.07) is 7.92. The maximum Gasteiger partial charge on any atom is 0.213 e. The first-order valence-corrected chi connectivity index (χ1v) is 13.1. The minimum atomic E-state index is -0.314. The average molecular weight is 492 g/mol. The highest BCUT2D eigenvalue weighted by atomic mass is 19.1. The molecule has 0 spiro atoms. The number of halogens is 1. The number of nitrogens with zero attached hydrogens (tertiary/aromatic N) is 4. The predicted octanol–water partition coefficient (Wildman–Crippen LogP) is 4.58. The van der Waals surface area contributed by atoms with Crippen molar-refractivity contribution in [2.75, 3.05) is 31.7 Å². The standard InChI is InChI=1S/C28H34FN5O2/c1-35-25-7-6-24-26(33-25)22(23(29)18-31-24)8-9-28-12-10-27(11-13-28,19-36-28)32-16-20-4-5-21(17-30-20)34-14-2-3-15-34/h4-7,17-18,32H,2-3,8-16,19H2,1H3. The summed E-state index contributed by atoms with van der Waals surface area (Å²) in [5, 5.41) is 3.77. The van der Waals surface area contributed by atoms with Crippen molar-refractivity contribution >= 4 is 16.7 Å². The molecule has 6 heterocycles. The van der Waals surface area contributed by atoms with Crippen LogP contribution in [-0.4, -0.2) is 52.9 Å². The Bertz CT molecular complexity index is 1200. The van der Waals surface area contributed by atoms with Gasteiger partial charge < -0.3 is 19.7 Å². The van der Waals surface area contributed by atoms with Gasteiger partial charge in [0, 0.05) is 36.8 Å². The summed E-state index contributed by atoms with van der Waals surface area (Å²) in [7, 11) is 1.57. The molecule has 1 aliphatic carbocycles. The Kier molecular flexibility index (Phi) is 6.25. The highest BCUT2D eigenvalue weighted by Gasteiger charge is 2.49. The van der Waals surface area contributed by atoms with Gasteiger partial charge in [0.15, 0.2) is 0 Å². The molecule has 0 atom stereocenters. The number of nitrogens with one attached hydrogen (secondary N) is 1. The van der Waals surface area contributed by atoms with Gasteiger partial charge in [0.25, 0.3) is 0 Å². The number of pyridine rings is 3. The Morgan fingerprint density at radius 3 is 2.58 bits per heavy atom. The second-order valence-electron chi connectivity index (χ2n) is 10.6. The Morgan fingerprint density at radius 1 is 1.06 bits per heavy atom. The summed E-state index contributed by atoms with van der Waals surface area (Å²) in [4.78, 5) is 15.8. The van der Waals surface area contributed by atoms with Crippen molar-refractivity contribution in [1.29, 1.82) is 0 Å². The van der Waals surface area contributed by atoms with E-state index in [0.29, 0.717) is 35.5 Å². The zero-order valence-electron chi connectivity index (χ0n) is 20.9. The summed E-state index contributed by atoms with van der Waals surface area (Å²) < 4.78 is 26.5. The Hall–Kier alpha value is -2.84. The number of ether oxygens (including phenoxy) is 2. The Morgan fingerprint density at radius 2 is 1.89 bits per heavy atom. The molecule has 3 aromatic heterocycles. The number of hydrogen-bond donors (Lipinski definition) is 1. The van der Waals surface area contributed by atoms with E-state index in [-0.39, 0.29) is 17.0 Å². The van der Waals surface area contributed by atoms with Gasteiger partial charge >= 0.3 is 0 Å². The number of aryl methyl sites for hydroxylation is 1. The van der Waals surface area contributed by atoms with E-state index in [9.17, 15) is 4.39 Å². The molecule has 7 rings (SSSR count). The fraction of sp³-hybridized carbons (Fsp3) is 0.536. The maximum absolute atomic E-state index is 14.8. The first-order valence-electron chi connectivity index (χ1n) is 13.1. The highest BCUT2D eigenvalue weighted by Crippen LogP contribution is 2.46. The zero-order chi connectivity index (χ0) is 24.6. The van der Waals surface area contributed by atoms with Crippen molar-refractivity contribution in [2.24, 2.45) is 0 Å². The van der Waals surface area contributed by atoms with Crippen LogP contribution in [0.5, 0.6) is 5.88 Å². The van der Waals surface area contributed by atoms with Crippen LogP contribution in [0.15, 0.2) is 36.7 Å². The molecule has 1 N–H and O–H groups in total. The second kappa shape index (κ2) is 9.56. The molecular formula is C28H34FN5O2. The third kappa shape index (κ3) is 4.52. The van der Waals surface area contributed by atoms with Crippen molar-refractivity contribution in [1.82, 2.24) is 20.3 Å². The summed E-state index contributed by atoms with van der Waals surface area (Å²) >= 11 is 0. The quantitative estimate of drug-likeness (QED) is 0.495. The van der Waals surface area contributed by atoms with E-state index < -0.39 is 0 Å². The third-order valence-corrected chi connectivity index (χ3v) is 8.48. The fourth-order valence-corrected chi connectivity index (χ4v) is 6.06. The monoisotopic (exact) mass is 491 g/mol. The molecule has 0 aromatic carbocycles. The number of fused-ring (bicyclic) bond motifs is 4. The topological polar surface area (TPSA) is 72.4 Å². The lowest BCUT2D eigenvalue weighted by Crippen LogP contribution is -2.61. The van der Waals surface area contributed by atoms with E-state index in [0.717, 1.165) is 57.4 Å². The summed E-state index contributed by atoms with van der Waals surface area (Å²) in [5.74, 6) is 0.155. The highest BCUT2D eigenvalue weighted by molar-refractivity contribution is 5.78. The SMILES string of the molecule is COc1ccc2ncc(F)c(CCC34CCC(NCc5ccc(N6CCCC6)cn5)(CC3)CO4)c2n1.